The number of carbonyl (C=O) groups is 1. The summed E-state index contributed by atoms with van der Waals surface area (Å²) in [5.41, 5.74) is 1.23. The van der Waals surface area contributed by atoms with Crippen LogP contribution in [0.1, 0.15) is 25.3 Å². The first-order chi connectivity index (χ1) is 12.7. The van der Waals surface area contributed by atoms with Gasteiger partial charge in [0.1, 0.15) is 0 Å². The molecule has 0 N–H and O–H groups in total. The summed E-state index contributed by atoms with van der Waals surface area (Å²) in [6.45, 7) is 9.72. The zero-order chi connectivity index (χ0) is 17.9. The zero-order valence-corrected chi connectivity index (χ0v) is 15.7. The van der Waals surface area contributed by atoms with Crippen molar-refractivity contribution in [2.24, 2.45) is 5.92 Å². The van der Waals surface area contributed by atoms with Gasteiger partial charge in [0, 0.05) is 39.3 Å². The Morgan fingerprint density at radius 3 is 2.69 bits per heavy atom. The molecule has 1 aromatic rings. The molecule has 0 aromatic heterocycles. The predicted octanol–water partition coefficient (Wildman–Crippen LogP) is 1.79. The molecule has 4 rings (SSSR count). The maximum Gasteiger partial charge on any atom is 0.236 e. The lowest BCUT2D eigenvalue weighted by atomic mass is 10.0. The third kappa shape index (κ3) is 4.13. The second kappa shape index (κ2) is 7.84. The summed E-state index contributed by atoms with van der Waals surface area (Å²) in [6, 6.07) is 6.15. The Labute approximate surface area is 155 Å². The minimum atomic E-state index is 0.293. The van der Waals surface area contributed by atoms with E-state index in [1.165, 1.54) is 18.4 Å². The number of carbonyl (C=O) groups excluding carboxylic acids is 1. The number of fused-ring (bicyclic) bond motifs is 1. The molecule has 1 amide bonds. The topological polar surface area (TPSA) is 45.3 Å². The van der Waals surface area contributed by atoms with Gasteiger partial charge in [0.15, 0.2) is 11.5 Å². The van der Waals surface area contributed by atoms with Gasteiger partial charge in [-0.1, -0.05) is 13.0 Å². The average Bonchev–Trinajstić information content (AvgIpc) is 3.10. The molecule has 0 saturated carbocycles. The third-order valence-electron chi connectivity index (χ3n) is 5.67. The third-order valence-corrected chi connectivity index (χ3v) is 5.67. The standard InChI is InChI=1S/C20H29N3O3/c1-16-3-2-6-22(12-16)14-20(24)23-9-7-21(8-10-23)13-17-4-5-18-19(11-17)26-15-25-18/h4-5,11,16H,2-3,6-10,12-15H2,1H3/t16-/m0/s1. The van der Waals surface area contributed by atoms with Crippen molar-refractivity contribution in [1.82, 2.24) is 14.7 Å². The van der Waals surface area contributed by atoms with Gasteiger partial charge in [-0.25, -0.2) is 0 Å². The number of rotatable bonds is 4. The number of likely N-dealkylation sites (tertiary alicyclic amines) is 1. The van der Waals surface area contributed by atoms with Crippen molar-refractivity contribution < 1.29 is 14.3 Å². The number of hydrogen-bond acceptors (Lipinski definition) is 5. The molecule has 2 fully saturated rings. The maximum absolute atomic E-state index is 12.6. The van der Waals surface area contributed by atoms with Gasteiger partial charge < -0.3 is 14.4 Å². The van der Waals surface area contributed by atoms with Crippen LogP contribution in [0.25, 0.3) is 0 Å². The number of amides is 1. The number of nitrogens with zero attached hydrogens (tertiary/aromatic N) is 3. The summed E-state index contributed by atoms with van der Waals surface area (Å²) in [5, 5.41) is 0. The Balaban J connectivity index is 1.24. The SMILES string of the molecule is C[C@H]1CCCN(CC(=O)N2CCN(Cc3ccc4c(c3)OCO4)CC2)C1. The van der Waals surface area contributed by atoms with Gasteiger partial charge >= 0.3 is 0 Å². The van der Waals surface area contributed by atoms with Crippen LogP contribution in [-0.2, 0) is 11.3 Å². The first-order valence-electron chi connectivity index (χ1n) is 9.78. The minimum Gasteiger partial charge on any atom is -0.454 e. The van der Waals surface area contributed by atoms with E-state index >= 15 is 0 Å². The van der Waals surface area contributed by atoms with Gasteiger partial charge in [-0.2, -0.15) is 0 Å². The molecule has 142 valence electrons. The fourth-order valence-corrected chi connectivity index (χ4v) is 4.17. The van der Waals surface area contributed by atoms with Gasteiger partial charge in [0.2, 0.25) is 12.7 Å². The van der Waals surface area contributed by atoms with Crippen LogP contribution in [0.5, 0.6) is 11.5 Å². The van der Waals surface area contributed by atoms with Crippen LogP contribution in [0.4, 0.5) is 0 Å². The first kappa shape index (κ1) is 17.6. The number of piperidine rings is 1. The molecule has 3 heterocycles. The van der Waals surface area contributed by atoms with E-state index in [2.05, 4.69) is 28.9 Å². The Morgan fingerprint density at radius 2 is 1.88 bits per heavy atom. The zero-order valence-electron chi connectivity index (χ0n) is 15.7. The van der Waals surface area contributed by atoms with Gasteiger partial charge in [-0.3, -0.25) is 14.6 Å². The first-order valence-corrected chi connectivity index (χ1v) is 9.78. The summed E-state index contributed by atoms with van der Waals surface area (Å²) in [4.78, 5) is 19.4. The van der Waals surface area contributed by atoms with Crippen molar-refractivity contribution in [3.8, 4) is 11.5 Å². The summed E-state index contributed by atoms with van der Waals surface area (Å²) < 4.78 is 10.8. The van der Waals surface area contributed by atoms with E-state index < -0.39 is 0 Å². The van der Waals surface area contributed by atoms with Crippen LogP contribution in [0.15, 0.2) is 18.2 Å². The second-order valence-corrected chi connectivity index (χ2v) is 7.83. The van der Waals surface area contributed by atoms with Crippen LogP contribution in [0, 0.1) is 5.92 Å². The van der Waals surface area contributed by atoms with Gasteiger partial charge in [0.25, 0.3) is 0 Å². The number of piperazine rings is 1. The summed E-state index contributed by atoms with van der Waals surface area (Å²) in [7, 11) is 0. The van der Waals surface area contributed by atoms with E-state index in [4.69, 9.17) is 9.47 Å². The Morgan fingerprint density at radius 1 is 1.08 bits per heavy atom. The summed E-state index contributed by atoms with van der Waals surface area (Å²) >= 11 is 0. The molecular weight excluding hydrogens is 330 g/mol. The average molecular weight is 359 g/mol. The second-order valence-electron chi connectivity index (χ2n) is 7.83. The van der Waals surface area contributed by atoms with Gasteiger partial charge in [-0.05, 0) is 43.0 Å². The van der Waals surface area contributed by atoms with E-state index in [9.17, 15) is 4.79 Å². The fraction of sp³-hybridized carbons (Fsp3) is 0.650. The quantitative estimate of drug-likeness (QED) is 0.820. The minimum absolute atomic E-state index is 0.293. The lowest BCUT2D eigenvalue weighted by Gasteiger charge is -2.37. The Hall–Kier alpha value is -1.79. The van der Waals surface area contributed by atoms with Crippen molar-refractivity contribution >= 4 is 5.91 Å². The molecule has 6 heteroatoms. The monoisotopic (exact) mass is 359 g/mol. The molecule has 3 aliphatic rings. The molecule has 0 radical (unpaired) electrons. The molecule has 0 bridgehead atoms. The van der Waals surface area contributed by atoms with Crippen molar-refractivity contribution in [3.63, 3.8) is 0 Å². The van der Waals surface area contributed by atoms with Crippen molar-refractivity contribution in [2.75, 3.05) is 52.6 Å². The van der Waals surface area contributed by atoms with Crippen LogP contribution < -0.4 is 9.47 Å². The number of ether oxygens (including phenoxy) is 2. The van der Waals surface area contributed by atoms with Crippen LogP contribution >= 0.6 is 0 Å². The van der Waals surface area contributed by atoms with Crippen LogP contribution in [0.3, 0.4) is 0 Å². The fourth-order valence-electron chi connectivity index (χ4n) is 4.17. The van der Waals surface area contributed by atoms with Crippen LogP contribution in [-0.4, -0.2) is 73.2 Å². The van der Waals surface area contributed by atoms with Crippen molar-refractivity contribution in [2.45, 2.75) is 26.3 Å². The highest BCUT2D eigenvalue weighted by atomic mass is 16.7. The van der Waals surface area contributed by atoms with E-state index in [0.29, 0.717) is 19.2 Å². The predicted molar refractivity (Wildman–Crippen MR) is 99.3 cm³/mol. The van der Waals surface area contributed by atoms with Gasteiger partial charge in [-0.15, -0.1) is 0 Å². The lowest BCUT2D eigenvalue weighted by Crippen LogP contribution is -2.51. The highest BCUT2D eigenvalue weighted by Crippen LogP contribution is 2.32. The van der Waals surface area contributed by atoms with Crippen molar-refractivity contribution in [3.05, 3.63) is 23.8 Å². The van der Waals surface area contributed by atoms with Gasteiger partial charge in [0.05, 0.1) is 6.54 Å². The molecule has 6 nitrogen and oxygen atoms in total. The molecule has 0 unspecified atom stereocenters. The largest absolute Gasteiger partial charge is 0.454 e. The van der Waals surface area contributed by atoms with E-state index in [0.717, 1.165) is 63.2 Å². The number of hydrogen-bond donors (Lipinski definition) is 0. The molecular formula is C20H29N3O3. The maximum atomic E-state index is 12.6. The molecule has 3 aliphatic heterocycles. The molecule has 0 aliphatic carbocycles. The summed E-state index contributed by atoms with van der Waals surface area (Å²) in [5.74, 6) is 2.68. The Kier molecular flexibility index (Phi) is 5.31. The van der Waals surface area contributed by atoms with Crippen LogP contribution in [0.2, 0.25) is 0 Å². The summed E-state index contributed by atoms with van der Waals surface area (Å²) in [6.07, 6.45) is 2.51. The normalized spacial score (nSPS) is 24.0. The highest BCUT2D eigenvalue weighted by molar-refractivity contribution is 5.78. The van der Waals surface area contributed by atoms with E-state index in [1.807, 2.05) is 11.0 Å². The van der Waals surface area contributed by atoms with Crippen molar-refractivity contribution in [1.29, 1.82) is 0 Å². The van der Waals surface area contributed by atoms with E-state index in [1.54, 1.807) is 0 Å². The highest BCUT2D eigenvalue weighted by Gasteiger charge is 2.25. The molecule has 26 heavy (non-hydrogen) atoms. The molecule has 2 saturated heterocycles. The van der Waals surface area contributed by atoms with E-state index in [-0.39, 0.29) is 0 Å². The lowest BCUT2D eigenvalue weighted by molar-refractivity contribution is -0.134. The Bertz CT molecular complexity index is 643. The molecule has 0 spiro atoms. The number of benzene rings is 1. The molecule has 1 atom stereocenters. The molecule has 1 aromatic carbocycles. The smallest absolute Gasteiger partial charge is 0.236 e.